The molecule has 116 valence electrons. The van der Waals surface area contributed by atoms with Gasteiger partial charge in [-0.15, -0.1) is 0 Å². The second-order valence-corrected chi connectivity index (χ2v) is 6.28. The van der Waals surface area contributed by atoms with Crippen molar-refractivity contribution in [2.45, 2.75) is 44.7 Å². The molecule has 2 aliphatic heterocycles. The van der Waals surface area contributed by atoms with E-state index in [1.807, 2.05) is 0 Å². The van der Waals surface area contributed by atoms with Crippen molar-refractivity contribution in [3.63, 3.8) is 0 Å². The Bertz CT molecular complexity index is 495. The molecule has 0 amide bonds. The van der Waals surface area contributed by atoms with Crippen LogP contribution in [0.1, 0.15) is 32.1 Å². The van der Waals surface area contributed by atoms with Crippen LogP contribution in [-0.4, -0.2) is 58.3 Å². The van der Waals surface area contributed by atoms with Crippen LogP contribution in [0.4, 0.5) is 0 Å². The average molecular weight is 290 g/mol. The van der Waals surface area contributed by atoms with Gasteiger partial charge in [-0.3, -0.25) is 9.69 Å². The molecule has 0 radical (unpaired) electrons. The molecule has 3 heterocycles. The Labute approximate surface area is 126 Å². The maximum atomic E-state index is 11.8. The predicted octanol–water partition coefficient (Wildman–Crippen LogP) is 1.19. The summed E-state index contributed by atoms with van der Waals surface area (Å²) in [5.41, 5.74) is 0.0142. The standard InChI is InChI=1S/C16H26N4O/c21-16-7-4-8-17-20(16)14-15-6-5-11-19(15)13-12-18-9-2-1-3-10-18/h4,7-8,15H,1-3,5-6,9-14H2. The summed E-state index contributed by atoms with van der Waals surface area (Å²) in [6.45, 7) is 6.73. The maximum absolute atomic E-state index is 11.8. The quantitative estimate of drug-likeness (QED) is 0.817. The highest BCUT2D eigenvalue weighted by Gasteiger charge is 2.25. The minimum atomic E-state index is 0.0142. The van der Waals surface area contributed by atoms with Crippen molar-refractivity contribution in [3.05, 3.63) is 28.7 Å². The van der Waals surface area contributed by atoms with E-state index >= 15 is 0 Å². The van der Waals surface area contributed by atoms with E-state index in [9.17, 15) is 4.79 Å². The lowest BCUT2D eigenvalue weighted by molar-refractivity contribution is 0.164. The zero-order chi connectivity index (χ0) is 14.5. The molecule has 1 aromatic heterocycles. The molecule has 0 spiro atoms. The molecule has 1 aromatic rings. The lowest BCUT2D eigenvalue weighted by Crippen LogP contribution is -2.42. The molecule has 21 heavy (non-hydrogen) atoms. The Balaban J connectivity index is 1.53. The first-order chi connectivity index (χ1) is 10.3. The minimum Gasteiger partial charge on any atom is -0.302 e. The van der Waals surface area contributed by atoms with Gasteiger partial charge in [0, 0.05) is 31.4 Å². The fourth-order valence-corrected chi connectivity index (χ4v) is 3.57. The number of rotatable bonds is 5. The number of likely N-dealkylation sites (tertiary alicyclic amines) is 2. The van der Waals surface area contributed by atoms with Gasteiger partial charge in [-0.1, -0.05) is 6.42 Å². The largest absolute Gasteiger partial charge is 0.302 e. The number of hydrogen-bond donors (Lipinski definition) is 0. The van der Waals surface area contributed by atoms with E-state index in [2.05, 4.69) is 14.9 Å². The Hall–Kier alpha value is -1.20. The zero-order valence-electron chi connectivity index (χ0n) is 12.8. The molecule has 1 atom stereocenters. The van der Waals surface area contributed by atoms with E-state index in [4.69, 9.17) is 0 Å². The van der Waals surface area contributed by atoms with Crippen LogP contribution in [-0.2, 0) is 6.54 Å². The van der Waals surface area contributed by atoms with Crippen LogP contribution >= 0.6 is 0 Å². The molecule has 0 N–H and O–H groups in total. The first kappa shape index (κ1) is 14.7. The highest BCUT2D eigenvalue weighted by Crippen LogP contribution is 2.18. The van der Waals surface area contributed by atoms with Gasteiger partial charge in [-0.25, -0.2) is 4.68 Å². The summed E-state index contributed by atoms with van der Waals surface area (Å²) in [5.74, 6) is 0. The lowest BCUT2D eigenvalue weighted by atomic mass is 10.1. The van der Waals surface area contributed by atoms with Crippen molar-refractivity contribution in [2.24, 2.45) is 0 Å². The third-order valence-electron chi connectivity index (χ3n) is 4.82. The normalized spacial score (nSPS) is 24.5. The van der Waals surface area contributed by atoms with Gasteiger partial charge in [-0.2, -0.15) is 5.10 Å². The van der Waals surface area contributed by atoms with Gasteiger partial charge in [0.25, 0.3) is 5.56 Å². The fraction of sp³-hybridized carbons (Fsp3) is 0.750. The molecule has 5 nitrogen and oxygen atoms in total. The molecule has 2 aliphatic rings. The van der Waals surface area contributed by atoms with Gasteiger partial charge in [-0.05, 0) is 51.4 Å². The Morgan fingerprint density at radius 1 is 1.10 bits per heavy atom. The predicted molar refractivity (Wildman–Crippen MR) is 83.4 cm³/mol. The molecule has 2 fully saturated rings. The second kappa shape index (κ2) is 7.18. The Morgan fingerprint density at radius 3 is 2.76 bits per heavy atom. The molecule has 3 rings (SSSR count). The van der Waals surface area contributed by atoms with Gasteiger partial charge < -0.3 is 4.90 Å². The summed E-state index contributed by atoms with van der Waals surface area (Å²) in [6, 6.07) is 3.78. The van der Waals surface area contributed by atoms with Crippen molar-refractivity contribution in [1.29, 1.82) is 0 Å². The monoisotopic (exact) mass is 290 g/mol. The first-order valence-electron chi connectivity index (χ1n) is 8.31. The Morgan fingerprint density at radius 2 is 1.95 bits per heavy atom. The van der Waals surface area contributed by atoms with Gasteiger partial charge in [0.05, 0.1) is 6.54 Å². The van der Waals surface area contributed by atoms with E-state index in [1.54, 1.807) is 23.0 Å². The molecule has 0 aromatic carbocycles. The molecular formula is C16H26N4O. The second-order valence-electron chi connectivity index (χ2n) is 6.28. The third kappa shape index (κ3) is 3.92. The van der Waals surface area contributed by atoms with Crippen molar-refractivity contribution >= 4 is 0 Å². The fourth-order valence-electron chi connectivity index (χ4n) is 3.57. The van der Waals surface area contributed by atoms with Crippen molar-refractivity contribution in [1.82, 2.24) is 19.6 Å². The van der Waals surface area contributed by atoms with Crippen LogP contribution in [0.5, 0.6) is 0 Å². The summed E-state index contributed by atoms with van der Waals surface area (Å²) < 4.78 is 1.61. The number of piperidine rings is 1. The summed E-state index contributed by atoms with van der Waals surface area (Å²) >= 11 is 0. The SMILES string of the molecule is O=c1cccnn1CC1CCCN1CCN1CCCCC1. The van der Waals surface area contributed by atoms with Crippen LogP contribution in [0.15, 0.2) is 23.1 Å². The third-order valence-corrected chi connectivity index (χ3v) is 4.82. The molecule has 0 aliphatic carbocycles. The van der Waals surface area contributed by atoms with Gasteiger partial charge in [0.1, 0.15) is 0 Å². The highest BCUT2D eigenvalue weighted by molar-refractivity contribution is 4.87. The van der Waals surface area contributed by atoms with E-state index in [0.29, 0.717) is 6.04 Å². The number of nitrogens with zero attached hydrogens (tertiary/aromatic N) is 4. The van der Waals surface area contributed by atoms with Crippen molar-refractivity contribution in [3.8, 4) is 0 Å². The van der Waals surface area contributed by atoms with Crippen LogP contribution in [0, 0.1) is 0 Å². The van der Waals surface area contributed by atoms with Crippen LogP contribution < -0.4 is 5.56 Å². The summed E-state index contributed by atoms with van der Waals surface area (Å²) in [6.07, 6.45) is 8.23. The van der Waals surface area contributed by atoms with E-state index in [0.717, 1.165) is 13.1 Å². The number of aromatic nitrogens is 2. The van der Waals surface area contributed by atoms with Crippen LogP contribution in [0.2, 0.25) is 0 Å². The summed E-state index contributed by atoms with van der Waals surface area (Å²) in [5, 5.41) is 4.19. The molecule has 5 heteroatoms. The highest BCUT2D eigenvalue weighted by atomic mass is 16.1. The maximum Gasteiger partial charge on any atom is 0.266 e. The van der Waals surface area contributed by atoms with Crippen molar-refractivity contribution < 1.29 is 0 Å². The molecule has 2 saturated heterocycles. The van der Waals surface area contributed by atoms with Crippen LogP contribution in [0.25, 0.3) is 0 Å². The minimum absolute atomic E-state index is 0.0142. The average Bonchev–Trinajstić information content (AvgIpc) is 2.96. The van der Waals surface area contributed by atoms with Gasteiger partial charge >= 0.3 is 0 Å². The first-order valence-corrected chi connectivity index (χ1v) is 8.31. The molecule has 0 bridgehead atoms. The van der Waals surface area contributed by atoms with Gasteiger partial charge in [0.2, 0.25) is 0 Å². The zero-order valence-corrected chi connectivity index (χ0v) is 12.8. The van der Waals surface area contributed by atoms with E-state index in [-0.39, 0.29) is 5.56 Å². The van der Waals surface area contributed by atoms with Gasteiger partial charge in [0.15, 0.2) is 0 Å². The van der Waals surface area contributed by atoms with Crippen molar-refractivity contribution in [2.75, 3.05) is 32.7 Å². The molecule has 0 saturated carbocycles. The van der Waals surface area contributed by atoms with E-state index < -0.39 is 0 Å². The molecule has 1 unspecified atom stereocenters. The van der Waals surface area contributed by atoms with E-state index in [1.165, 1.54) is 58.3 Å². The summed E-state index contributed by atoms with van der Waals surface area (Å²) in [7, 11) is 0. The smallest absolute Gasteiger partial charge is 0.266 e. The topological polar surface area (TPSA) is 41.4 Å². The number of hydrogen-bond acceptors (Lipinski definition) is 4. The lowest BCUT2D eigenvalue weighted by Gasteiger charge is -2.30. The molecular weight excluding hydrogens is 264 g/mol. The summed E-state index contributed by atoms with van der Waals surface area (Å²) in [4.78, 5) is 16.9. The Kier molecular flexibility index (Phi) is 5.04. The van der Waals surface area contributed by atoms with Crippen LogP contribution in [0.3, 0.4) is 0 Å².